The monoisotopic (exact) mass is 532 g/mol. The van der Waals surface area contributed by atoms with E-state index in [0.29, 0.717) is 35.2 Å². The third-order valence-electron chi connectivity index (χ3n) is 5.78. The number of carbonyl (C=O) groups excluding carboxylic acids is 1. The molecule has 1 saturated heterocycles. The molecule has 1 unspecified atom stereocenters. The van der Waals surface area contributed by atoms with Crippen LogP contribution in [0.3, 0.4) is 0 Å². The van der Waals surface area contributed by atoms with Gasteiger partial charge in [0.1, 0.15) is 10.3 Å². The third-order valence-corrected chi connectivity index (χ3v) is 10.6. The van der Waals surface area contributed by atoms with Crippen LogP contribution in [0, 0.1) is 6.92 Å². The molecule has 0 N–H and O–H groups in total. The molecule has 7 nitrogen and oxygen atoms in total. The smallest absolute Gasteiger partial charge is 0.253 e. The van der Waals surface area contributed by atoms with E-state index in [4.69, 9.17) is 16.6 Å². The van der Waals surface area contributed by atoms with Crippen LogP contribution >= 0.6 is 34.3 Å². The summed E-state index contributed by atoms with van der Waals surface area (Å²) in [7, 11) is -3.77. The van der Waals surface area contributed by atoms with E-state index in [0.717, 1.165) is 27.1 Å². The second-order valence-corrected chi connectivity index (χ2v) is 12.4. The van der Waals surface area contributed by atoms with Gasteiger partial charge >= 0.3 is 0 Å². The molecule has 1 fully saturated rings. The van der Waals surface area contributed by atoms with E-state index in [-0.39, 0.29) is 16.7 Å². The van der Waals surface area contributed by atoms with E-state index < -0.39 is 16.1 Å². The lowest BCUT2D eigenvalue weighted by molar-refractivity contribution is -0.121. The number of carbonyl (C=O) groups is 1. The predicted octanol–water partition coefficient (Wildman–Crippen LogP) is 5.10. The quantitative estimate of drug-likeness (QED) is 0.345. The van der Waals surface area contributed by atoms with Crippen molar-refractivity contribution in [2.45, 2.75) is 36.6 Å². The van der Waals surface area contributed by atoms with Crippen LogP contribution < -0.4 is 4.90 Å². The fraction of sp³-hybridized carbons (Fsp3) is 0.261. The summed E-state index contributed by atoms with van der Waals surface area (Å²) in [5.74, 6) is -0.309. The highest BCUT2D eigenvalue weighted by Crippen LogP contribution is 2.37. The molecule has 0 radical (unpaired) electrons. The Balaban J connectivity index is 1.56. The van der Waals surface area contributed by atoms with Gasteiger partial charge in [0.25, 0.3) is 10.0 Å². The number of halogens is 1. The fourth-order valence-electron chi connectivity index (χ4n) is 4.08. The molecule has 1 aliphatic heterocycles. The molecular weight excluding hydrogens is 512 g/mol. The number of pyridine rings is 1. The number of aryl methyl sites for hydroxylation is 1. The van der Waals surface area contributed by atoms with Gasteiger partial charge in [-0.3, -0.25) is 14.7 Å². The number of amides is 1. The summed E-state index contributed by atoms with van der Waals surface area (Å²) in [6, 6.07) is 11.7. The first-order valence-electron chi connectivity index (χ1n) is 10.7. The van der Waals surface area contributed by atoms with Crippen LogP contribution in [0.2, 0.25) is 5.02 Å². The lowest BCUT2D eigenvalue weighted by Gasteiger charge is -2.28. The van der Waals surface area contributed by atoms with Gasteiger partial charge in [-0.2, -0.15) is 4.31 Å². The van der Waals surface area contributed by atoms with Gasteiger partial charge in [-0.15, -0.1) is 11.3 Å². The summed E-state index contributed by atoms with van der Waals surface area (Å²) >= 11 is 8.90. The number of benzene rings is 1. The molecule has 11 heteroatoms. The SMILES string of the molecule is Cc1ccc(Cl)c2sc(N(Cc3ccccn3)C(=O)C3CCCN3S(=O)(=O)c3cccs3)nc12. The van der Waals surface area contributed by atoms with Crippen molar-refractivity contribution >= 4 is 65.6 Å². The number of aromatic nitrogens is 2. The standard InChI is InChI=1S/C23H21ClN4O3S3/c1-15-9-10-17(24)21-20(15)26-23(33-21)27(14-16-6-2-3-11-25-16)22(29)18-7-4-12-28(18)34(30,31)19-8-5-13-32-19/h2-3,5-6,8-11,13,18H,4,7,12,14H2,1H3. The number of rotatable bonds is 6. The molecule has 0 saturated carbocycles. The van der Waals surface area contributed by atoms with Crippen LogP contribution in [-0.2, 0) is 21.4 Å². The average molecular weight is 533 g/mol. The summed E-state index contributed by atoms with van der Waals surface area (Å²) in [5.41, 5.74) is 2.37. The molecule has 4 heterocycles. The van der Waals surface area contributed by atoms with Gasteiger partial charge in [-0.1, -0.05) is 41.1 Å². The van der Waals surface area contributed by atoms with E-state index in [9.17, 15) is 13.2 Å². The molecule has 34 heavy (non-hydrogen) atoms. The first kappa shape index (κ1) is 23.4. The number of nitrogens with zero attached hydrogens (tertiary/aromatic N) is 4. The molecule has 176 valence electrons. The number of hydrogen-bond acceptors (Lipinski definition) is 7. The minimum atomic E-state index is -3.77. The maximum atomic E-state index is 14.0. The molecule has 1 aromatic carbocycles. The van der Waals surface area contributed by atoms with Crippen molar-refractivity contribution in [3.63, 3.8) is 0 Å². The normalized spacial score (nSPS) is 16.8. The molecule has 1 amide bonds. The highest BCUT2D eigenvalue weighted by molar-refractivity contribution is 7.91. The summed E-state index contributed by atoms with van der Waals surface area (Å²) in [5, 5.41) is 2.76. The Morgan fingerprint density at radius 3 is 2.79 bits per heavy atom. The number of thiazole rings is 1. The number of sulfonamides is 1. The number of thiophene rings is 1. The molecule has 0 spiro atoms. The molecule has 5 rings (SSSR count). The molecule has 4 aromatic rings. The highest BCUT2D eigenvalue weighted by atomic mass is 35.5. The lowest BCUT2D eigenvalue weighted by atomic mass is 10.2. The van der Waals surface area contributed by atoms with E-state index in [1.54, 1.807) is 28.6 Å². The number of anilines is 1. The Labute approximate surface area is 210 Å². The number of fused-ring (bicyclic) bond motifs is 1. The van der Waals surface area contributed by atoms with Gasteiger partial charge in [0, 0.05) is 12.7 Å². The fourth-order valence-corrected chi connectivity index (χ4v) is 8.17. The summed E-state index contributed by atoms with van der Waals surface area (Å²) in [4.78, 5) is 24.6. The van der Waals surface area contributed by atoms with Crippen LogP contribution in [0.5, 0.6) is 0 Å². The summed E-state index contributed by atoms with van der Waals surface area (Å²) in [6.07, 6.45) is 2.73. The van der Waals surface area contributed by atoms with Crippen molar-refractivity contribution in [3.05, 3.63) is 70.3 Å². The van der Waals surface area contributed by atoms with Gasteiger partial charge in [0.05, 0.1) is 27.5 Å². The Morgan fingerprint density at radius 2 is 2.09 bits per heavy atom. The van der Waals surface area contributed by atoms with Crippen molar-refractivity contribution in [2.24, 2.45) is 0 Å². The Kier molecular flexibility index (Phi) is 6.43. The van der Waals surface area contributed by atoms with Crippen LogP contribution in [0.1, 0.15) is 24.1 Å². The zero-order valence-electron chi connectivity index (χ0n) is 18.2. The first-order valence-corrected chi connectivity index (χ1v) is 14.2. The highest BCUT2D eigenvalue weighted by Gasteiger charge is 2.42. The minimum absolute atomic E-state index is 0.180. The molecular formula is C23H21ClN4O3S3. The first-order chi connectivity index (χ1) is 16.4. The Morgan fingerprint density at radius 1 is 1.24 bits per heavy atom. The average Bonchev–Trinajstić information content (AvgIpc) is 3.61. The van der Waals surface area contributed by atoms with Crippen molar-refractivity contribution < 1.29 is 13.2 Å². The van der Waals surface area contributed by atoms with Crippen molar-refractivity contribution in [1.29, 1.82) is 0 Å². The van der Waals surface area contributed by atoms with E-state index >= 15 is 0 Å². The lowest BCUT2D eigenvalue weighted by Crippen LogP contribution is -2.47. The third kappa shape index (κ3) is 4.25. The van der Waals surface area contributed by atoms with E-state index in [1.165, 1.54) is 15.6 Å². The maximum absolute atomic E-state index is 14.0. The zero-order chi connectivity index (χ0) is 23.9. The number of hydrogen-bond donors (Lipinski definition) is 0. The van der Waals surface area contributed by atoms with Crippen LogP contribution in [0.15, 0.2) is 58.3 Å². The van der Waals surface area contributed by atoms with Crippen LogP contribution in [-0.4, -0.2) is 41.2 Å². The molecule has 0 bridgehead atoms. The predicted molar refractivity (Wildman–Crippen MR) is 136 cm³/mol. The van der Waals surface area contributed by atoms with Gasteiger partial charge < -0.3 is 0 Å². The molecule has 1 aliphatic rings. The van der Waals surface area contributed by atoms with Crippen LogP contribution in [0.4, 0.5) is 5.13 Å². The molecule has 3 aromatic heterocycles. The van der Waals surface area contributed by atoms with E-state index in [2.05, 4.69) is 4.98 Å². The Hall–Kier alpha value is -2.37. The van der Waals surface area contributed by atoms with Crippen molar-refractivity contribution in [2.75, 3.05) is 11.4 Å². The Bertz CT molecular complexity index is 1400. The molecule has 1 atom stereocenters. The zero-order valence-corrected chi connectivity index (χ0v) is 21.4. The minimum Gasteiger partial charge on any atom is -0.281 e. The molecule has 0 aliphatic carbocycles. The van der Waals surface area contributed by atoms with Crippen molar-refractivity contribution in [3.8, 4) is 0 Å². The maximum Gasteiger partial charge on any atom is 0.253 e. The van der Waals surface area contributed by atoms with E-state index in [1.807, 2.05) is 37.3 Å². The van der Waals surface area contributed by atoms with Gasteiger partial charge in [0.15, 0.2) is 5.13 Å². The van der Waals surface area contributed by atoms with Gasteiger partial charge in [-0.05, 0) is 55.0 Å². The largest absolute Gasteiger partial charge is 0.281 e. The second-order valence-electron chi connectivity index (χ2n) is 7.99. The van der Waals surface area contributed by atoms with Gasteiger partial charge in [-0.25, -0.2) is 13.4 Å². The second kappa shape index (κ2) is 9.35. The van der Waals surface area contributed by atoms with Gasteiger partial charge in [0.2, 0.25) is 5.91 Å². The van der Waals surface area contributed by atoms with Crippen molar-refractivity contribution in [1.82, 2.24) is 14.3 Å². The summed E-state index contributed by atoms with van der Waals surface area (Å²) < 4.78 is 28.9. The topological polar surface area (TPSA) is 83.5 Å². The van der Waals surface area contributed by atoms with Crippen LogP contribution in [0.25, 0.3) is 10.2 Å². The summed E-state index contributed by atoms with van der Waals surface area (Å²) in [6.45, 7) is 2.43.